The minimum Gasteiger partial charge on any atom is -0.394 e. The Morgan fingerprint density at radius 3 is 3.06 bits per heavy atom. The van der Waals surface area contributed by atoms with Crippen molar-refractivity contribution in [1.29, 1.82) is 0 Å². The van der Waals surface area contributed by atoms with E-state index >= 15 is 0 Å². The minimum atomic E-state index is -0.155. The third kappa shape index (κ3) is 2.81. The second-order valence-corrected chi connectivity index (χ2v) is 4.08. The van der Waals surface area contributed by atoms with Crippen molar-refractivity contribution in [3.05, 3.63) is 23.9 Å². The molecular weight excluding hydrogens is 220 g/mol. The largest absolute Gasteiger partial charge is 0.394 e. The summed E-state index contributed by atoms with van der Waals surface area (Å²) in [6, 6.07) is 3.60. The highest BCUT2D eigenvalue weighted by Crippen LogP contribution is 2.15. The van der Waals surface area contributed by atoms with Crippen molar-refractivity contribution in [1.82, 2.24) is 4.98 Å². The monoisotopic (exact) mass is 236 g/mol. The molecule has 1 aliphatic heterocycles. The Hall–Kier alpha value is -1.46. The Balaban J connectivity index is 2.08. The molecule has 92 valence electrons. The maximum atomic E-state index is 11.1. The van der Waals surface area contributed by atoms with Crippen LogP contribution in [0.25, 0.3) is 0 Å². The van der Waals surface area contributed by atoms with Gasteiger partial charge in [0.15, 0.2) is 5.78 Å². The average molecular weight is 236 g/mol. The molecule has 0 spiro atoms. The molecule has 0 amide bonds. The first-order chi connectivity index (χ1) is 8.20. The Labute approximate surface area is 100 Å². The minimum absolute atomic E-state index is 0.0132. The molecule has 1 aliphatic rings. The van der Waals surface area contributed by atoms with Crippen LogP contribution < -0.4 is 4.90 Å². The molecule has 1 unspecified atom stereocenters. The lowest BCUT2D eigenvalue weighted by molar-refractivity contribution is 0.00336. The lowest BCUT2D eigenvalue weighted by atomic mass is 10.2. The molecule has 0 bridgehead atoms. The number of pyridine rings is 1. The number of rotatable bonds is 3. The number of hydrogen-bond donors (Lipinski definition) is 1. The van der Waals surface area contributed by atoms with Gasteiger partial charge in [0.2, 0.25) is 0 Å². The highest BCUT2D eigenvalue weighted by molar-refractivity contribution is 5.93. The molecule has 0 aromatic carbocycles. The van der Waals surface area contributed by atoms with Gasteiger partial charge in [0.1, 0.15) is 5.82 Å². The second kappa shape index (κ2) is 5.25. The molecule has 1 aromatic heterocycles. The van der Waals surface area contributed by atoms with Crippen LogP contribution in [0, 0.1) is 0 Å². The molecule has 5 heteroatoms. The zero-order chi connectivity index (χ0) is 12.3. The SMILES string of the molecule is CC(=O)c1ccc(N2CCOC(CO)C2)nc1. The van der Waals surface area contributed by atoms with Gasteiger partial charge in [-0.1, -0.05) is 0 Å². The predicted molar refractivity (Wildman–Crippen MR) is 63.3 cm³/mol. The number of ether oxygens (including phenoxy) is 1. The molecule has 0 saturated carbocycles. The van der Waals surface area contributed by atoms with Gasteiger partial charge in [-0.05, 0) is 19.1 Å². The first-order valence-corrected chi connectivity index (χ1v) is 5.65. The summed E-state index contributed by atoms with van der Waals surface area (Å²) in [6.45, 7) is 3.50. The molecule has 0 aliphatic carbocycles. The van der Waals surface area contributed by atoms with Crippen LogP contribution in [-0.4, -0.2) is 48.3 Å². The van der Waals surface area contributed by atoms with Crippen LogP contribution in [0.5, 0.6) is 0 Å². The molecule has 1 saturated heterocycles. The maximum absolute atomic E-state index is 11.1. The van der Waals surface area contributed by atoms with Gasteiger partial charge in [-0.15, -0.1) is 0 Å². The van der Waals surface area contributed by atoms with Gasteiger partial charge in [0.05, 0.1) is 19.3 Å². The van der Waals surface area contributed by atoms with E-state index in [0.717, 1.165) is 12.4 Å². The Morgan fingerprint density at radius 1 is 1.65 bits per heavy atom. The number of nitrogens with zero attached hydrogens (tertiary/aromatic N) is 2. The first kappa shape index (κ1) is 12.0. The molecule has 2 heterocycles. The summed E-state index contributed by atoms with van der Waals surface area (Å²) in [5.41, 5.74) is 0.612. The van der Waals surface area contributed by atoms with Crippen LogP contribution in [0.2, 0.25) is 0 Å². The number of hydrogen-bond acceptors (Lipinski definition) is 5. The zero-order valence-electron chi connectivity index (χ0n) is 9.80. The van der Waals surface area contributed by atoms with Crippen LogP contribution in [0.3, 0.4) is 0 Å². The van der Waals surface area contributed by atoms with E-state index in [1.165, 1.54) is 6.92 Å². The molecule has 5 nitrogen and oxygen atoms in total. The van der Waals surface area contributed by atoms with Crippen LogP contribution in [-0.2, 0) is 4.74 Å². The van der Waals surface area contributed by atoms with Gasteiger partial charge < -0.3 is 14.7 Å². The molecule has 1 fully saturated rings. The Kier molecular flexibility index (Phi) is 3.71. The summed E-state index contributed by atoms with van der Waals surface area (Å²) < 4.78 is 5.37. The van der Waals surface area contributed by atoms with Gasteiger partial charge in [-0.3, -0.25) is 4.79 Å². The van der Waals surface area contributed by atoms with Crippen LogP contribution in [0.1, 0.15) is 17.3 Å². The fourth-order valence-electron chi connectivity index (χ4n) is 1.82. The van der Waals surface area contributed by atoms with Gasteiger partial charge in [-0.25, -0.2) is 4.98 Å². The fourth-order valence-corrected chi connectivity index (χ4v) is 1.82. The molecule has 1 aromatic rings. The average Bonchev–Trinajstić information content (AvgIpc) is 2.39. The van der Waals surface area contributed by atoms with Crippen LogP contribution in [0.15, 0.2) is 18.3 Å². The quantitative estimate of drug-likeness (QED) is 0.773. The van der Waals surface area contributed by atoms with E-state index < -0.39 is 0 Å². The first-order valence-electron chi connectivity index (χ1n) is 5.65. The molecule has 0 radical (unpaired) electrons. The zero-order valence-corrected chi connectivity index (χ0v) is 9.80. The van der Waals surface area contributed by atoms with Crippen molar-refractivity contribution in [2.75, 3.05) is 31.2 Å². The van der Waals surface area contributed by atoms with E-state index in [9.17, 15) is 4.79 Å². The van der Waals surface area contributed by atoms with E-state index in [4.69, 9.17) is 9.84 Å². The van der Waals surface area contributed by atoms with Crippen LogP contribution in [0.4, 0.5) is 5.82 Å². The summed E-state index contributed by atoms with van der Waals surface area (Å²) in [6.07, 6.45) is 1.43. The summed E-state index contributed by atoms with van der Waals surface area (Å²) in [7, 11) is 0. The number of morpholine rings is 1. The van der Waals surface area contributed by atoms with Crippen molar-refractivity contribution in [3.63, 3.8) is 0 Å². The molecule has 1 N–H and O–H groups in total. The number of Topliss-reactive ketones (excluding diaryl/α,β-unsaturated/α-hetero) is 1. The molecule has 2 rings (SSSR count). The lowest BCUT2D eigenvalue weighted by Crippen LogP contribution is -2.44. The number of carbonyl (C=O) groups is 1. The highest BCUT2D eigenvalue weighted by atomic mass is 16.5. The maximum Gasteiger partial charge on any atom is 0.161 e. The lowest BCUT2D eigenvalue weighted by Gasteiger charge is -2.32. The van der Waals surface area contributed by atoms with Gasteiger partial charge in [0, 0.05) is 24.8 Å². The highest BCUT2D eigenvalue weighted by Gasteiger charge is 2.20. The summed E-state index contributed by atoms with van der Waals surface area (Å²) in [5, 5.41) is 9.06. The number of aromatic nitrogens is 1. The van der Waals surface area contributed by atoms with Gasteiger partial charge in [0.25, 0.3) is 0 Å². The molecular formula is C12H16N2O3. The van der Waals surface area contributed by atoms with Crippen LogP contribution >= 0.6 is 0 Å². The van der Waals surface area contributed by atoms with E-state index in [-0.39, 0.29) is 18.5 Å². The van der Waals surface area contributed by atoms with Crippen molar-refractivity contribution in [2.24, 2.45) is 0 Å². The standard InChI is InChI=1S/C12H16N2O3/c1-9(16)10-2-3-12(13-6-10)14-4-5-17-11(7-14)8-15/h2-3,6,11,15H,4-5,7-8H2,1H3. The third-order valence-electron chi connectivity index (χ3n) is 2.82. The molecule has 17 heavy (non-hydrogen) atoms. The topological polar surface area (TPSA) is 62.7 Å². The smallest absolute Gasteiger partial charge is 0.161 e. The van der Waals surface area contributed by atoms with E-state index in [1.54, 1.807) is 12.3 Å². The van der Waals surface area contributed by atoms with Crippen molar-refractivity contribution in [3.8, 4) is 0 Å². The summed E-state index contributed by atoms with van der Waals surface area (Å²) in [5.74, 6) is 0.830. The van der Waals surface area contributed by atoms with E-state index in [1.807, 2.05) is 11.0 Å². The number of aliphatic hydroxyl groups excluding tert-OH is 1. The van der Waals surface area contributed by atoms with Crippen molar-refractivity contribution >= 4 is 11.6 Å². The number of anilines is 1. The van der Waals surface area contributed by atoms with Crippen molar-refractivity contribution < 1.29 is 14.6 Å². The Morgan fingerprint density at radius 2 is 2.47 bits per heavy atom. The Bertz CT molecular complexity index is 391. The normalized spacial score (nSPS) is 20.4. The fraction of sp³-hybridized carbons (Fsp3) is 0.500. The van der Waals surface area contributed by atoms with Crippen molar-refractivity contribution in [2.45, 2.75) is 13.0 Å². The van der Waals surface area contributed by atoms with E-state index in [2.05, 4.69) is 4.98 Å². The second-order valence-electron chi connectivity index (χ2n) is 4.08. The van der Waals surface area contributed by atoms with E-state index in [0.29, 0.717) is 18.7 Å². The number of ketones is 1. The predicted octanol–water partition coefficient (Wildman–Crippen LogP) is 0.482. The summed E-state index contributed by atoms with van der Waals surface area (Å²) in [4.78, 5) is 17.4. The van der Waals surface area contributed by atoms with Gasteiger partial charge in [-0.2, -0.15) is 0 Å². The number of carbonyl (C=O) groups excluding carboxylic acids is 1. The van der Waals surface area contributed by atoms with Gasteiger partial charge >= 0.3 is 0 Å². The third-order valence-corrected chi connectivity index (χ3v) is 2.82. The molecule has 1 atom stereocenters. The number of aliphatic hydroxyl groups is 1. The summed E-state index contributed by atoms with van der Waals surface area (Å²) >= 11 is 0.